The van der Waals surface area contributed by atoms with Gasteiger partial charge in [0.15, 0.2) is 0 Å². The monoisotopic (exact) mass is 376 g/mol. The molecule has 0 aliphatic heterocycles. The van der Waals surface area contributed by atoms with Crippen LogP contribution in [0.1, 0.15) is 0 Å². The molecule has 29 heavy (non-hydrogen) atoms. The molecule has 6 rings (SSSR count). The summed E-state index contributed by atoms with van der Waals surface area (Å²) in [6.45, 7) is 0. The molecule has 4 aromatic carbocycles. The van der Waals surface area contributed by atoms with Crippen LogP contribution in [-0.2, 0) is 0 Å². The third kappa shape index (κ3) is 3.77. The van der Waals surface area contributed by atoms with Gasteiger partial charge >= 0.3 is 0 Å². The first-order valence-electron chi connectivity index (χ1n) is 9.36. The molecule has 0 amide bonds. The fourth-order valence-electron chi connectivity index (χ4n) is 3.44. The number of rotatable bonds is 0. The van der Waals surface area contributed by atoms with Gasteiger partial charge in [-0.2, -0.15) is 0 Å². The predicted octanol–water partition coefficient (Wildman–Crippen LogP) is 5.95. The molecule has 0 saturated heterocycles. The van der Waals surface area contributed by atoms with Crippen LogP contribution < -0.4 is 0 Å². The van der Waals surface area contributed by atoms with Crippen molar-refractivity contribution in [3.05, 3.63) is 109 Å². The van der Waals surface area contributed by atoms with Crippen molar-refractivity contribution in [1.82, 2.24) is 9.97 Å². The van der Waals surface area contributed by atoms with Crippen LogP contribution in [0.3, 0.4) is 0 Å². The number of nitrogens with zero attached hydrogens (tertiary/aromatic N) is 2. The molecule has 0 fully saturated rings. The summed E-state index contributed by atoms with van der Waals surface area (Å²) in [6.07, 6.45) is 0. The van der Waals surface area contributed by atoms with Crippen LogP contribution in [0.2, 0.25) is 0 Å². The molecular formula is C26H20N2O. The number of aromatic nitrogens is 2. The first kappa shape index (κ1) is 18.5. The maximum absolute atomic E-state index is 4.58. The predicted molar refractivity (Wildman–Crippen MR) is 122 cm³/mol. The van der Waals surface area contributed by atoms with Crippen molar-refractivity contribution >= 4 is 43.6 Å². The van der Waals surface area contributed by atoms with Gasteiger partial charge in [0, 0.05) is 21.5 Å². The standard InChI is InChI=1S/2C13H9N.H2O/c2*1-3-7-12-10(5-1)9-11-6-2-4-8-13(11)14-12;/h2*1-9H;1H2. The summed E-state index contributed by atoms with van der Waals surface area (Å²) in [4.78, 5) is 9.16. The Hall–Kier alpha value is -3.82. The molecule has 0 aliphatic rings. The summed E-state index contributed by atoms with van der Waals surface area (Å²) in [7, 11) is 0. The molecule has 2 N–H and O–H groups in total. The minimum absolute atomic E-state index is 0. The largest absolute Gasteiger partial charge is 0.412 e. The Kier molecular flexibility index (Phi) is 5.14. The zero-order chi connectivity index (χ0) is 18.8. The lowest BCUT2D eigenvalue weighted by Gasteiger charge is -1.99. The number of fused-ring (bicyclic) bond motifs is 4. The van der Waals surface area contributed by atoms with Crippen LogP contribution >= 0.6 is 0 Å². The zero-order valence-corrected chi connectivity index (χ0v) is 15.8. The Morgan fingerprint density at radius 3 is 0.862 bits per heavy atom. The summed E-state index contributed by atoms with van der Waals surface area (Å²) in [5.41, 5.74) is 4.25. The molecule has 0 saturated carbocycles. The molecule has 3 nitrogen and oxygen atoms in total. The quantitative estimate of drug-likeness (QED) is 0.308. The van der Waals surface area contributed by atoms with E-state index in [-0.39, 0.29) is 5.48 Å². The second kappa shape index (κ2) is 8.05. The van der Waals surface area contributed by atoms with Crippen LogP contribution in [0.4, 0.5) is 0 Å². The highest BCUT2D eigenvalue weighted by Crippen LogP contribution is 2.19. The molecule has 0 bridgehead atoms. The van der Waals surface area contributed by atoms with Crippen LogP contribution in [0.15, 0.2) is 109 Å². The van der Waals surface area contributed by atoms with Crippen molar-refractivity contribution in [2.24, 2.45) is 0 Å². The highest BCUT2D eigenvalue weighted by molar-refractivity contribution is 5.93. The molecule has 0 atom stereocenters. The molecule has 0 spiro atoms. The Labute approximate surface area is 168 Å². The van der Waals surface area contributed by atoms with E-state index >= 15 is 0 Å². The van der Waals surface area contributed by atoms with Crippen molar-refractivity contribution in [3.63, 3.8) is 0 Å². The molecule has 0 unspecified atom stereocenters. The normalized spacial score (nSPS) is 10.5. The fraction of sp³-hybridized carbons (Fsp3) is 0. The first-order valence-corrected chi connectivity index (χ1v) is 9.36. The number of benzene rings is 4. The van der Waals surface area contributed by atoms with Gasteiger partial charge in [0.25, 0.3) is 0 Å². The minimum Gasteiger partial charge on any atom is -0.412 e. The number of para-hydroxylation sites is 4. The smallest absolute Gasteiger partial charge is 0.0709 e. The van der Waals surface area contributed by atoms with E-state index < -0.39 is 0 Å². The van der Waals surface area contributed by atoms with E-state index in [4.69, 9.17) is 0 Å². The molecule has 3 heteroatoms. The molecular weight excluding hydrogens is 356 g/mol. The number of hydrogen-bond donors (Lipinski definition) is 0. The van der Waals surface area contributed by atoms with Crippen molar-refractivity contribution < 1.29 is 5.48 Å². The van der Waals surface area contributed by atoms with Gasteiger partial charge in [-0.3, -0.25) is 0 Å². The van der Waals surface area contributed by atoms with Gasteiger partial charge < -0.3 is 5.48 Å². The highest BCUT2D eigenvalue weighted by Gasteiger charge is 1.97. The third-order valence-electron chi connectivity index (χ3n) is 4.85. The maximum Gasteiger partial charge on any atom is 0.0709 e. The van der Waals surface area contributed by atoms with Gasteiger partial charge in [-0.05, 0) is 36.4 Å². The topological polar surface area (TPSA) is 57.3 Å². The zero-order valence-electron chi connectivity index (χ0n) is 15.8. The Morgan fingerprint density at radius 2 is 0.586 bits per heavy atom. The van der Waals surface area contributed by atoms with E-state index in [2.05, 4.69) is 46.4 Å². The van der Waals surface area contributed by atoms with Crippen molar-refractivity contribution in [2.75, 3.05) is 0 Å². The van der Waals surface area contributed by atoms with Gasteiger partial charge in [0.05, 0.1) is 22.1 Å². The maximum atomic E-state index is 4.58. The molecule has 6 aromatic rings. The SMILES string of the molecule is O.c1ccc2nc3ccccc3cc2c1.c1ccc2nc3ccccc3cc2c1. The average molecular weight is 376 g/mol. The van der Waals surface area contributed by atoms with Gasteiger partial charge in [0.1, 0.15) is 0 Å². The van der Waals surface area contributed by atoms with E-state index in [1.165, 1.54) is 21.5 Å². The lowest BCUT2D eigenvalue weighted by atomic mass is 10.1. The van der Waals surface area contributed by atoms with Gasteiger partial charge in [-0.25, -0.2) is 9.97 Å². The number of hydrogen-bond acceptors (Lipinski definition) is 2. The van der Waals surface area contributed by atoms with Gasteiger partial charge in [0.2, 0.25) is 0 Å². The summed E-state index contributed by atoms with van der Waals surface area (Å²) in [6, 6.07) is 37.1. The average Bonchev–Trinajstić information content (AvgIpc) is 2.76. The lowest BCUT2D eigenvalue weighted by molar-refractivity contribution is 0.824. The van der Waals surface area contributed by atoms with E-state index in [0.29, 0.717) is 0 Å². The Bertz CT molecular complexity index is 1110. The van der Waals surface area contributed by atoms with Crippen LogP contribution in [0, 0.1) is 0 Å². The Morgan fingerprint density at radius 1 is 0.345 bits per heavy atom. The molecule has 2 aromatic heterocycles. The van der Waals surface area contributed by atoms with Crippen LogP contribution in [-0.4, -0.2) is 15.4 Å². The Balaban J connectivity index is 0.000000137. The van der Waals surface area contributed by atoms with E-state index in [0.717, 1.165) is 22.1 Å². The van der Waals surface area contributed by atoms with Crippen LogP contribution in [0.5, 0.6) is 0 Å². The minimum atomic E-state index is 0. The van der Waals surface area contributed by atoms with Gasteiger partial charge in [-0.1, -0.05) is 72.8 Å². The summed E-state index contributed by atoms with van der Waals surface area (Å²) >= 11 is 0. The van der Waals surface area contributed by atoms with Gasteiger partial charge in [-0.15, -0.1) is 0 Å². The first-order chi connectivity index (χ1) is 13.9. The summed E-state index contributed by atoms with van der Waals surface area (Å²) < 4.78 is 0. The van der Waals surface area contributed by atoms with Crippen LogP contribution in [0.25, 0.3) is 43.6 Å². The molecule has 140 valence electrons. The second-order valence-corrected chi connectivity index (χ2v) is 6.75. The molecule has 0 radical (unpaired) electrons. The van der Waals surface area contributed by atoms with Crippen molar-refractivity contribution in [2.45, 2.75) is 0 Å². The molecule has 2 heterocycles. The van der Waals surface area contributed by atoms with Crippen molar-refractivity contribution in [3.8, 4) is 0 Å². The second-order valence-electron chi connectivity index (χ2n) is 6.75. The van der Waals surface area contributed by atoms with Crippen molar-refractivity contribution in [1.29, 1.82) is 0 Å². The molecule has 0 aliphatic carbocycles. The fourth-order valence-corrected chi connectivity index (χ4v) is 3.44. The third-order valence-corrected chi connectivity index (χ3v) is 4.85. The summed E-state index contributed by atoms with van der Waals surface area (Å²) in [5.74, 6) is 0. The van der Waals surface area contributed by atoms with E-state index in [1.807, 2.05) is 72.8 Å². The highest BCUT2D eigenvalue weighted by atomic mass is 16.0. The van der Waals surface area contributed by atoms with E-state index in [1.54, 1.807) is 0 Å². The lowest BCUT2D eigenvalue weighted by Crippen LogP contribution is -1.80. The van der Waals surface area contributed by atoms with E-state index in [9.17, 15) is 0 Å². The number of pyridine rings is 2. The summed E-state index contributed by atoms with van der Waals surface area (Å²) in [5, 5.41) is 4.80.